The van der Waals surface area contributed by atoms with Crippen LogP contribution < -0.4 is 16.2 Å². The van der Waals surface area contributed by atoms with Crippen molar-refractivity contribution in [1.82, 2.24) is 0 Å². The molecule has 0 aliphatic heterocycles. The maximum Gasteiger partial charge on any atom is 0.160 e. The molecule has 0 saturated heterocycles. The lowest BCUT2D eigenvalue weighted by Gasteiger charge is -2.16. The van der Waals surface area contributed by atoms with E-state index in [4.69, 9.17) is 16.2 Å². The molecule has 1 rings (SSSR count). The van der Waals surface area contributed by atoms with Gasteiger partial charge in [-0.3, -0.25) is 0 Å². The second-order valence-corrected chi connectivity index (χ2v) is 3.32. The maximum absolute atomic E-state index is 9.36. The highest BCUT2D eigenvalue weighted by Gasteiger charge is 2.12. The first-order valence-electron chi connectivity index (χ1n) is 4.44. The molecule has 14 heavy (non-hydrogen) atoms. The molecule has 0 aromatic heterocycles. The lowest BCUT2D eigenvalue weighted by molar-refractivity contribution is 0.372. The summed E-state index contributed by atoms with van der Waals surface area (Å²) in [5, 5.41) is 9.36. The Hall–Kier alpha value is -1.26. The van der Waals surface area contributed by atoms with E-state index >= 15 is 0 Å². The summed E-state index contributed by atoms with van der Waals surface area (Å²) in [6, 6.07) is 4.61. The average Bonchev–Trinajstić information content (AvgIpc) is 2.17. The molecular formula is C10H16N2O2. The number of ether oxygens (including phenoxy) is 1. The van der Waals surface area contributed by atoms with E-state index in [1.165, 1.54) is 7.11 Å². The van der Waals surface area contributed by atoms with Gasteiger partial charge in [0.1, 0.15) is 0 Å². The Labute approximate surface area is 83.5 Å². The number of methoxy groups -OCH3 is 1. The van der Waals surface area contributed by atoms with E-state index in [-0.39, 0.29) is 17.8 Å². The highest BCUT2D eigenvalue weighted by atomic mass is 16.5. The topological polar surface area (TPSA) is 81.5 Å². The summed E-state index contributed by atoms with van der Waals surface area (Å²) in [5.74, 6) is 0.520. The zero-order valence-electron chi connectivity index (χ0n) is 8.40. The molecule has 0 spiro atoms. The van der Waals surface area contributed by atoms with Gasteiger partial charge >= 0.3 is 0 Å². The van der Waals surface area contributed by atoms with E-state index in [1.54, 1.807) is 18.2 Å². The molecular weight excluding hydrogens is 180 g/mol. The standard InChI is InChI=1S/C10H16N2O2/c1-6(11)10(12)7-3-4-8(13)9(5-7)14-2/h3-6,10,13H,11-12H2,1-2H3. The predicted octanol–water partition coefficient (Wildman–Crippen LogP) is 0.748. The Morgan fingerprint density at radius 2 is 2.00 bits per heavy atom. The number of hydrogen-bond donors (Lipinski definition) is 3. The van der Waals surface area contributed by atoms with Crippen molar-refractivity contribution in [2.24, 2.45) is 11.5 Å². The molecule has 4 nitrogen and oxygen atoms in total. The van der Waals surface area contributed by atoms with Crippen LogP contribution in [0.1, 0.15) is 18.5 Å². The molecule has 0 amide bonds. The van der Waals surface area contributed by atoms with Crippen LogP contribution >= 0.6 is 0 Å². The van der Waals surface area contributed by atoms with Gasteiger partial charge in [0.05, 0.1) is 7.11 Å². The third-order valence-corrected chi connectivity index (χ3v) is 2.16. The van der Waals surface area contributed by atoms with Crippen molar-refractivity contribution in [3.05, 3.63) is 23.8 Å². The molecule has 0 bridgehead atoms. The molecule has 4 heteroatoms. The summed E-state index contributed by atoms with van der Waals surface area (Å²) in [4.78, 5) is 0. The minimum atomic E-state index is -0.246. The van der Waals surface area contributed by atoms with Crippen LogP contribution in [0.4, 0.5) is 0 Å². The Morgan fingerprint density at radius 1 is 1.36 bits per heavy atom. The second kappa shape index (κ2) is 4.30. The van der Waals surface area contributed by atoms with Crippen molar-refractivity contribution in [2.75, 3.05) is 7.11 Å². The molecule has 0 saturated carbocycles. The fourth-order valence-electron chi connectivity index (χ4n) is 1.21. The number of phenols is 1. The quantitative estimate of drug-likeness (QED) is 0.666. The number of hydrogen-bond acceptors (Lipinski definition) is 4. The zero-order chi connectivity index (χ0) is 10.7. The smallest absolute Gasteiger partial charge is 0.160 e. The Balaban J connectivity index is 3.00. The molecule has 2 unspecified atom stereocenters. The normalized spacial score (nSPS) is 14.9. The van der Waals surface area contributed by atoms with Gasteiger partial charge in [-0.25, -0.2) is 0 Å². The van der Waals surface area contributed by atoms with Crippen LogP contribution in [0.5, 0.6) is 11.5 Å². The molecule has 0 aliphatic rings. The largest absolute Gasteiger partial charge is 0.504 e. The van der Waals surface area contributed by atoms with E-state index < -0.39 is 0 Å². The lowest BCUT2D eigenvalue weighted by Crippen LogP contribution is -2.30. The van der Waals surface area contributed by atoms with Crippen LogP contribution in [-0.2, 0) is 0 Å². The van der Waals surface area contributed by atoms with Crippen molar-refractivity contribution in [3.63, 3.8) is 0 Å². The molecule has 1 aromatic carbocycles. The number of nitrogens with two attached hydrogens (primary N) is 2. The average molecular weight is 196 g/mol. The third-order valence-electron chi connectivity index (χ3n) is 2.16. The second-order valence-electron chi connectivity index (χ2n) is 3.32. The molecule has 0 radical (unpaired) electrons. The van der Waals surface area contributed by atoms with Crippen molar-refractivity contribution in [1.29, 1.82) is 0 Å². The fourth-order valence-corrected chi connectivity index (χ4v) is 1.21. The van der Waals surface area contributed by atoms with Gasteiger partial charge in [-0.2, -0.15) is 0 Å². The van der Waals surface area contributed by atoms with Gasteiger partial charge in [0.25, 0.3) is 0 Å². The molecule has 0 aliphatic carbocycles. The van der Waals surface area contributed by atoms with E-state index in [2.05, 4.69) is 0 Å². The van der Waals surface area contributed by atoms with E-state index in [0.29, 0.717) is 5.75 Å². The molecule has 5 N–H and O–H groups in total. The minimum Gasteiger partial charge on any atom is -0.504 e. The molecule has 78 valence electrons. The Kier molecular flexibility index (Phi) is 3.33. The minimum absolute atomic E-state index is 0.105. The van der Waals surface area contributed by atoms with Gasteiger partial charge < -0.3 is 21.3 Å². The predicted molar refractivity (Wildman–Crippen MR) is 55.2 cm³/mol. The highest BCUT2D eigenvalue weighted by molar-refractivity contribution is 5.42. The molecule has 2 atom stereocenters. The molecule has 0 heterocycles. The van der Waals surface area contributed by atoms with Gasteiger partial charge in [0.15, 0.2) is 11.5 Å². The van der Waals surface area contributed by atoms with Crippen LogP contribution in [0.25, 0.3) is 0 Å². The van der Waals surface area contributed by atoms with Crippen LogP contribution in [0.15, 0.2) is 18.2 Å². The maximum atomic E-state index is 9.36. The fraction of sp³-hybridized carbons (Fsp3) is 0.400. The van der Waals surface area contributed by atoms with E-state index in [9.17, 15) is 5.11 Å². The number of phenolic OH excluding ortho intramolecular Hbond substituents is 1. The summed E-state index contributed by atoms with van der Waals surface area (Å²) in [6.45, 7) is 1.84. The van der Waals surface area contributed by atoms with Gasteiger partial charge in [-0.1, -0.05) is 6.07 Å². The number of aromatic hydroxyl groups is 1. The Morgan fingerprint density at radius 3 is 2.50 bits per heavy atom. The third kappa shape index (κ3) is 2.16. The highest BCUT2D eigenvalue weighted by Crippen LogP contribution is 2.28. The monoisotopic (exact) mass is 196 g/mol. The van der Waals surface area contributed by atoms with Crippen LogP contribution in [0.3, 0.4) is 0 Å². The van der Waals surface area contributed by atoms with Crippen LogP contribution in [0.2, 0.25) is 0 Å². The molecule has 1 aromatic rings. The first-order valence-corrected chi connectivity index (χ1v) is 4.44. The van der Waals surface area contributed by atoms with Gasteiger partial charge in [-0.05, 0) is 24.6 Å². The summed E-state index contributed by atoms with van der Waals surface area (Å²) in [5.41, 5.74) is 12.4. The van der Waals surface area contributed by atoms with E-state index in [1.807, 2.05) is 6.92 Å². The van der Waals surface area contributed by atoms with Crippen LogP contribution in [0, 0.1) is 0 Å². The Bertz CT molecular complexity index is 313. The van der Waals surface area contributed by atoms with Crippen molar-refractivity contribution in [2.45, 2.75) is 19.0 Å². The summed E-state index contributed by atoms with van der Waals surface area (Å²) >= 11 is 0. The van der Waals surface area contributed by atoms with E-state index in [0.717, 1.165) is 5.56 Å². The summed E-state index contributed by atoms with van der Waals surface area (Å²) in [6.07, 6.45) is 0. The number of benzene rings is 1. The van der Waals surface area contributed by atoms with Gasteiger partial charge in [0.2, 0.25) is 0 Å². The van der Waals surface area contributed by atoms with Crippen LogP contribution in [-0.4, -0.2) is 18.3 Å². The summed E-state index contributed by atoms with van der Waals surface area (Å²) in [7, 11) is 1.50. The summed E-state index contributed by atoms with van der Waals surface area (Å²) < 4.78 is 4.97. The van der Waals surface area contributed by atoms with Crippen molar-refractivity contribution >= 4 is 0 Å². The SMILES string of the molecule is COc1cc(C(N)C(C)N)ccc1O. The van der Waals surface area contributed by atoms with Gasteiger partial charge in [0, 0.05) is 12.1 Å². The first-order chi connectivity index (χ1) is 6.56. The zero-order valence-corrected chi connectivity index (χ0v) is 8.40. The first kappa shape index (κ1) is 10.8. The van der Waals surface area contributed by atoms with Crippen molar-refractivity contribution < 1.29 is 9.84 Å². The van der Waals surface area contributed by atoms with Gasteiger partial charge in [-0.15, -0.1) is 0 Å². The van der Waals surface area contributed by atoms with Crippen molar-refractivity contribution in [3.8, 4) is 11.5 Å². The number of rotatable bonds is 3. The lowest BCUT2D eigenvalue weighted by atomic mass is 10.0. The molecule has 0 fully saturated rings.